The number of para-hydroxylation sites is 2. The monoisotopic (exact) mass is 363 g/mol. The van der Waals surface area contributed by atoms with E-state index < -0.39 is 0 Å². The van der Waals surface area contributed by atoms with Crippen LogP contribution in [0.3, 0.4) is 0 Å². The number of hydrogen-bond donors (Lipinski definition) is 1. The first-order chi connectivity index (χ1) is 13.3. The van der Waals surface area contributed by atoms with Crippen molar-refractivity contribution in [3.05, 3.63) is 65.7 Å². The highest BCUT2D eigenvalue weighted by Crippen LogP contribution is 2.53. The minimum atomic E-state index is 0.219. The second-order valence-electron chi connectivity index (χ2n) is 7.37. The Bertz CT molecular complexity index is 814. The molecule has 2 aromatic rings. The van der Waals surface area contributed by atoms with Crippen LogP contribution in [0.5, 0.6) is 11.5 Å². The van der Waals surface area contributed by atoms with Crippen LogP contribution >= 0.6 is 0 Å². The van der Waals surface area contributed by atoms with Gasteiger partial charge < -0.3 is 14.8 Å². The van der Waals surface area contributed by atoms with Crippen LogP contribution in [-0.4, -0.2) is 13.2 Å². The summed E-state index contributed by atoms with van der Waals surface area (Å²) >= 11 is 0. The standard InChI is InChI=1S/C24H29NO2/c1-3-5-16-27-22-15-9-13-19-17-11-8-12-18(17)23(25-24(19)22)20-10-6-7-14-21(20)26-4-2/h6-11,13-15,17-18,23,25H,3-5,12,16H2,1-2H3. The Hall–Kier alpha value is -2.42. The summed E-state index contributed by atoms with van der Waals surface area (Å²) in [5.41, 5.74) is 3.75. The number of fused-ring (bicyclic) bond motifs is 3. The first-order valence-corrected chi connectivity index (χ1v) is 10.2. The van der Waals surface area contributed by atoms with Crippen molar-refractivity contribution < 1.29 is 9.47 Å². The molecule has 0 spiro atoms. The first-order valence-electron chi connectivity index (χ1n) is 10.2. The van der Waals surface area contributed by atoms with E-state index in [1.165, 1.54) is 11.1 Å². The Morgan fingerprint density at radius 3 is 2.63 bits per heavy atom. The van der Waals surface area contributed by atoms with E-state index in [4.69, 9.17) is 9.47 Å². The van der Waals surface area contributed by atoms with Gasteiger partial charge in [0.25, 0.3) is 0 Å². The molecule has 3 nitrogen and oxygen atoms in total. The van der Waals surface area contributed by atoms with Gasteiger partial charge in [0.15, 0.2) is 0 Å². The first kappa shape index (κ1) is 18.0. The molecular weight excluding hydrogens is 334 g/mol. The largest absolute Gasteiger partial charge is 0.494 e. The van der Waals surface area contributed by atoms with Crippen molar-refractivity contribution in [3.8, 4) is 11.5 Å². The van der Waals surface area contributed by atoms with Crippen LogP contribution in [-0.2, 0) is 0 Å². The highest BCUT2D eigenvalue weighted by molar-refractivity contribution is 5.68. The molecule has 1 aliphatic carbocycles. The van der Waals surface area contributed by atoms with Gasteiger partial charge in [-0.25, -0.2) is 0 Å². The molecule has 27 heavy (non-hydrogen) atoms. The summed E-state index contributed by atoms with van der Waals surface area (Å²) < 4.78 is 12.1. The van der Waals surface area contributed by atoms with Gasteiger partial charge in [-0.2, -0.15) is 0 Å². The molecule has 0 bridgehead atoms. The van der Waals surface area contributed by atoms with Crippen molar-refractivity contribution >= 4 is 5.69 Å². The average Bonchev–Trinajstić information content (AvgIpc) is 3.19. The molecule has 0 fully saturated rings. The molecule has 1 N–H and O–H groups in total. The number of rotatable bonds is 7. The maximum Gasteiger partial charge on any atom is 0.142 e. The second-order valence-corrected chi connectivity index (χ2v) is 7.37. The lowest BCUT2D eigenvalue weighted by molar-refractivity contribution is 0.306. The Labute approximate surface area is 162 Å². The highest BCUT2D eigenvalue weighted by Gasteiger charge is 2.39. The van der Waals surface area contributed by atoms with Crippen LogP contribution < -0.4 is 14.8 Å². The molecule has 4 rings (SSSR count). The molecule has 0 saturated carbocycles. The summed E-state index contributed by atoms with van der Waals surface area (Å²) in [5.74, 6) is 2.88. The van der Waals surface area contributed by atoms with E-state index in [1.807, 2.05) is 6.92 Å². The molecule has 0 saturated heterocycles. The molecule has 142 valence electrons. The van der Waals surface area contributed by atoms with Crippen LogP contribution in [0.4, 0.5) is 5.69 Å². The molecule has 3 unspecified atom stereocenters. The molecule has 0 amide bonds. The summed E-state index contributed by atoms with van der Waals surface area (Å²) in [5, 5.41) is 3.83. The normalized spacial score (nSPS) is 22.7. The number of allylic oxidation sites excluding steroid dienone is 2. The SMILES string of the molecule is CCCCOc1cccc2c1NC(c1ccccc1OCC)C1CC=CC21. The summed E-state index contributed by atoms with van der Waals surface area (Å²) in [6.45, 7) is 5.67. The predicted molar refractivity (Wildman–Crippen MR) is 111 cm³/mol. The Balaban J connectivity index is 1.72. The van der Waals surface area contributed by atoms with Crippen molar-refractivity contribution in [2.24, 2.45) is 5.92 Å². The molecular formula is C24H29NO2. The van der Waals surface area contributed by atoms with E-state index in [2.05, 4.69) is 66.9 Å². The minimum Gasteiger partial charge on any atom is -0.494 e. The lowest BCUT2D eigenvalue weighted by Gasteiger charge is -2.38. The van der Waals surface area contributed by atoms with Gasteiger partial charge in [-0.1, -0.05) is 55.8 Å². The third kappa shape index (κ3) is 3.43. The topological polar surface area (TPSA) is 30.5 Å². The molecule has 3 heteroatoms. The van der Waals surface area contributed by atoms with E-state index >= 15 is 0 Å². The number of hydrogen-bond acceptors (Lipinski definition) is 3. The molecule has 0 aromatic heterocycles. The van der Waals surface area contributed by atoms with Gasteiger partial charge in [0.05, 0.1) is 24.9 Å². The van der Waals surface area contributed by atoms with E-state index in [1.54, 1.807) is 0 Å². The molecule has 2 aromatic carbocycles. The number of benzene rings is 2. The van der Waals surface area contributed by atoms with Crippen molar-refractivity contribution in [1.29, 1.82) is 0 Å². The summed E-state index contributed by atoms with van der Waals surface area (Å²) in [7, 11) is 0. The van der Waals surface area contributed by atoms with Gasteiger partial charge in [-0.3, -0.25) is 0 Å². The van der Waals surface area contributed by atoms with Crippen molar-refractivity contribution in [1.82, 2.24) is 0 Å². The fraction of sp³-hybridized carbons (Fsp3) is 0.417. The van der Waals surface area contributed by atoms with E-state index in [-0.39, 0.29) is 6.04 Å². The fourth-order valence-electron chi connectivity index (χ4n) is 4.37. The van der Waals surface area contributed by atoms with Crippen LogP contribution in [0.15, 0.2) is 54.6 Å². The van der Waals surface area contributed by atoms with Crippen molar-refractivity contribution in [2.45, 2.75) is 45.1 Å². The quantitative estimate of drug-likeness (QED) is 0.477. The van der Waals surface area contributed by atoms with Gasteiger partial charge in [-0.15, -0.1) is 0 Å². The fourth-order valence-corrected chi connectivity index (χ4v) is 4.37. The van der Waals surface area contributed by atoms with E-state index in [0.717, 1.165) is 43.1 Å². The van der Waals surface area contributed by atoms with Crippen LogP contribution in [0, 0.1) is 5.92 Å². The van der Waals surface area contributed by atoms with Crippen LogP contribution in [0.1, 0.15) is 56.2 Å². The minimum absolute atomic E-state index is 0.219. The lowest BCUT2D eigenvalue weighted by atomic mass is 9.76. The van der Waals surface area contributed by atoms with Gasteiger partial charge in [0, 0.05) is 11.5 Å². The van der Waals surface area contributed by atoms with Gasteiger partial charge in [-0.05, 0) is 43.4 Å². The summed E-state index contributed by atoms with van der Waals surface area (Å²) in [6, 6.07) is 15.1. The van der Waals surface area contributed by atoms with Gasteiger partial charge >= 0.3 is 0 Å². The van der Waals surface area contributed by atoms with Crippen molar-refractivity contribution in [3.63, 3.8) is 0 Å². The maximum atomic E-state index is 6.14. The maximum absolute atomic E-state index is 6.14. The number of ether oxygens (including phenoxy) is 2. The van der Waals surface area contributed by atoms with Gasteiger partial charge in [0.1, 0.15) is 11.5 Å². The highest BCUT2D eigenvalue weighted by atomic mass is 16.5. The molecule has 1 aliphatic heterocycles. The van der Waals surface area contributed by atoms with Gasteiger partial charge in [0.2, 0.25) is 0 Å². The smallest absolute Gasteiger partial charge is 0.142 e. The third-order valence-corrected chi connectivity index (χ3v) is 5.67. The molecule has 2 aliphatic rings. The zero-order valence-electron chi connectivity index (χ0n) is 16.3. The number of nitrogens with one attached hydrogen (secondary N) is 1. The number of unbranched alkanes of at least 4 members (excludes halogenated alkanes) is 1. The lowest BCUT2D eigenvalue weighted by Crippen LogP contribution is -2.29. The van der Waals surface area contributed by atoms with E-state index in [9.17, 15) is 0 Å². The number of anilines is 1. The molecule has 1 heterocycles. The Morgan fingerprint density at radius 1 is 0.963 bits per heavy atom. The zero-order chi connectivity index (χ0) is 18.6. The predicted octanol–water partition coefficient (Wildman–Crippen LogP) is 6.09. The Morgan fingerprint density at radius 2 is 1.78 bits per heavy atom. The van der Waals surface area contributed by atoms with Crippen molar-refractivity contribution in [2.75, 3.05) is 18.5 Å². The molecule has 3 atom stereocenters. The summed E-state index contributed by atoms with van der Waals surface area (Å²) in [6.07, 6.45) is 8.00. The summed E-state index contributed by atoms with van der Waals surface area (Å²) in [4.78, 5) is 0. The zero-order valence-corrected chi connectivity index (χ0v) is 16.3. The third-order valence-electron chi connectivity index (χ3n) is 5.67. The average molecular weight is 364 g/mol. The van der Waals surface area contributed by atoms with Crippen LogP contribution in [0.2, 0.25) is 0 Å². The van der Waals surface area contributed by atoms with Crippen LogP contribution in [0.25, 0.3) is 0 Å². The molecule has 0 radical (unpaired) electrons. The Kier molecular flexibility index (Phi) is 5.38. The second kappa shape index (κ2) is 8.08. The van der Waals surface area contributed by atoms with E-state index in [0.29, 0.717) is 18.4 Å².